The van der Waals surface area contributed by atoms with Crippen LogP contribution in [0.4, 0.5) is 0 Å². The summed E-state index contributed by atoms with van der Waals surface area (Å²) in [5.74, 6) is 0.382. The van der Waals surface area contributed by atoms with Gasteiger partial charge in [0, 0.05) is 13.0 Å². The first kappa shape index (κ1) is 11.2. The van der Waals surface area contributed by atoms with E-state index in [0.717, 1.165) is 30.8 Å². The van der Waals surface area contributed by atoms with Crippen molar-refractivity contribution in [2.75, 3.05) is 13.7 Å². The summed E-state index contributed by atoms with van der Waals surface area (Å²) in [7, 11) is 1.33. The van der Waals surface area contributed by atoms with Gasteiger partial charge in [0.1, 0.15) is 5.82 Å². The number of methoxy groups -OCH3 is 1. The van der Waals surface area contributed by atoms with Gasteiger partial charge in [0.05, 0.1) is 18.7 Å². The number of esters is 1. The van der Waals surface area contributed by atoms with Crippen LogP contribution in [0.3, 0.4) is 0 Å². The van der Waals surface area contributed by atoms with Crippen molar-refractivity contribution in [1.29, 1.82) is 0 Å². The minimum atomic E-state index is -0.455. The molecule has 0 amide bonds. The Balaban J connectivity index is 1.88. The van der Waals surface area contributed by atoms with Gasteiger partial charge in [-0.2, -0.15) is 0 Å². The van der Waals surface area contributed by atoms with E-state index in [1.54, 1.807) is 12.1 Å². The Kier molecular flexibility index (Phi) is 2.71. The van der Waals surface area contributed by atoms with E-state index < -0.39 is 5.97 Å². The molecular weight excluding hydrogens is 234 g/mol. The minimum absolute atomic E-state index is 0.255. The van der Waals surface area contributed by atoms with Crippen molar-refractivity contribution in [3.63, 3.8) is 0 Å². The van der Waals surface area contributed by atoms with Crippen LogP contribution in [0.25, 0.3) is 11.2 Å². The predicted octanol–water partition coefficient (Wildman–Crippen LogP) is 1.08. The number of hydrogen-bond acceptors (Lipinski definition) is 5. The number of nitrogens with zero attached hydrogens (tertiary/aromatic N) is 2. The molecule has 2 aromatic rings. The molecule has 0 radical (unpaired) electrons. The summed E-state index contributed by atoms with van der Waals surface area (Å²) in [6.07, 6.45) is 2.08. The fourth-order valence-corrected chi connectivity index (χ4v) is 1.92. The maximum atomic E-state index is 11.4. The number of H-pyrrole nitrogens is 1. The van der Waals surface area contributed by atoms with Gasteiger partial charge in [0.25, 0.3) is 0 Å². The van der Waals surface area contributed by atoms with Crippen LogP contribution in [0.5, 0.6) is 0 Å². The van der Waals surface area contributed by atoms with E-state index in [1.807, 2.05) is 0 Å². The molecule has 94 valence electrons. The summed E-state index contributed by atoms with van der Waals surface area (Å²) >= 11 is 0. The molecule has 18 heavy (non-hydrogen) atoms. The number of carbonyl (C=O) groups excluding carboxylic acids is 1. The maximum Gasteiger partial charge on any atom is 0.356 e. The van der Waals surface area contributed by atoms with E-state index in [0.29, 0.717) is 5.65 Å². The highest BCUT2D eigenvalue weighted by Crippen LogP contribution is 2.17. The Morgan fingerprint density at radius 2 is 2.39 bits per heavy atom. The van der Waals surface area contributed by atoms with E-state index in [-0.39, 0.29) is 11.8 Å². The average molecular weight is 247 g/mol. The van der Waals surface area contributed by atoms with Crippen LogP contribution in [-0.2, 0) is 15.9 Å². The van der Waals surface area contributed by atoms with Crippen LogP contribution in [0.2, 0.25) is 0 Å². The molecule has 0 saturated carbocycles. The van der Waals surface area contributed by atoms with Gasteiger partial charge >= 0.3 is 5.97 Å². The second-order valence-electron chi connectivity index (χ2n) is 4.23. The molecule has 6 nitrogen and oxygen atoms in total. The molecule has 0 aromatic carbocycles. The molecule has 3 heterocycles. The third kappa shape index (κ3) is 1.95. The van der Waals surface area contributed by atoms with Gasteiger partial charge in [-0.15, -0.1) is 0 Å². The molecule has 6 heteroatoms. The maximum absolute atomic E-state index is 11.4. The number of hydrogen-bond donors (Lipinski definition) is 1. The van der Waals surface area contributed by atoms with E-state index in [4.69, 9.17) is 4.74 Å². The zero-order chi connectivity index (χ0) is 12.5. The van der Waals surface area contributed by atoms with Crippen LogP contribution in [0.15, 0.2) is 12.1 Å². The Labute approximate surface area is 103 Å². The van der Waals surface area contributed by atoms with Gasteiger partial charge in [-0.05, 0) is 18.6 Å². The number of ether oxygens (including phenoxy) is 2. The second kappa shape index (κ2) is 4.38. The molecular formula is C12H13N3O3. The lowest BCUT2D eigenvalue weighted by Gasteiger charge is -2.25. The molecule has 0 spiro atoms. The Morgan fingerprint density at radius 3 is 3.06 bits per heavy atom. The highest BCUT2D eigenvalue weighted by Gasteiger charge is 2.20. The fraction of sp³-hybridized carbons (Fsp3) is 0.417. The highest BCUT2D eigenvalue weighted by atomic mass is 16.5. The van der Waals surface area contributed by atoms with E-state index in [2.05, 4.69) is 19.7 Å². The van der Waals surface area contributed by atoms with Crippen LogP contribution < -0.4 is 0 Å². The SMILES string of the molecule is COC(=O)c1ccc2[nH]c(C[C@H]3CCO3)nc2n1. The highest BCUT2D eigenvalue weighted by molar-refractivity contribution is 5.89. The third-order valence-corrected chi connectivity index (χ3v) is 3.00. The molecule has 1 N–H and O–H groups in total. The molecule has 1 saturated heterocycles. The van der Waals surface area contributed by atoms with Crippen molar-refractivity contribution in [2.24, 2.45) is 0 Å². The number of fused-ring (bicyclic) bond motifs is 1. The number of aromatic nitrogens is 3. The van der Waals surface area contributed by atoms with Crippen molar-refractivity contribution in [3.05, 3.63) is 23.7 Å². The molecule has 1 aliphatic rings. The lowest BCUT2D eigenvalue weighted by molar-refractivity contribution is -0.0500. The Bertz CT molecular complexity index is 589. The number of pyridine rings is 1. The topological polar surface area (TPSA) is 77.1 Å². The van der Waals surface area contributed by atoms with Crippen LogP contribution >= 0.6 is 0 Å². The van der Waals surface area contributed by atoms with Crippen molar-refractivity contribution < 1.29 is 14.3 Å². The molecule has 3 rings (SSSR count). The smallest absolute Gasteiger partial charge is 0.356 e. The standard InChI is InChI=1S/C12H13N3O3/c1-17-12(16)9-3-2-8-11(14-9)15-10(13-8)6-7-4-5-18-7/h2-3,7H,4-6H2,1H3,(H,13,14,15)/t7-/m1/s1. The zero-order valence-electron chi connectivity index (χ0n) is 9.97. The first-order valence-electron chi connectivity index (χ1n) is 5.82. The third-order valence-electron chi connectivity index (χ3n) is 3.00. The van der Waals surface area contributed by atoms with Crippen LogP contribution in [0, 0.1) is 0 Å². The first-order valence-corrected chi connectivity index (χ1v) is 5.82. The van der Waals surface area contributed by atoms with Crippen LogP contribution in [0.1, 0.15) is 22.7 Å². The van der Waals surface area contributed by atoms with Crippen molar-refractivity contribution >= 4 is 17.1 Å². The van der Waals surface area contributed by atoms with Gasteiger partial charge < -0.3 is 14.5 Å². The largest absolute Gasteiger partial charge is 0.464 e. The number of carbonyl (C=O) groups is 1. The van der Waals surface area contributed by atoms with Crippen molar-refractivity contribution in [3.8, 4) is 0 Å². The minimum Gasteiger partial charge on any atom is -0.464 e. The second-order valence-corrected chi connectivity index (χ2v) is 4.23. The van der Waals surface area contributed by atoms with Gasteiger partial charge in [0.2, 0.25) is 0 Å². The zero-order valence-corrected chi connectivity index (χ0v) is 9.97. The Morgan fingerprint density at radius 1 is 1.56 bits per heavy atom. The van der Waals surface area contributed by atoms with Crippen molar-refractivity contribution in [2.45, 2.75) is 18.9 Å². The quantitative estimate of drug-likeness (QED) is 0.821. The van der Waals surface area contributed by atoms with E-state index in [1.165, 1.54) is 7.11 Å². The van der Waals surface area contributed by atoms with Gasteiger partial charge in [-0.3, -0.25) is 0 Å². The van der Waals surface area contributed by atoms with E-state index in [9.17, 15) is 4.79 Å². The number of imidazole rings is 1. The summed E-state index contributed by atoms with van der Waals surface area (Å²) in [6.45, 7) is 0.829. The molecule has 1 fully saturated rings. The lowest BCUT2D eigenvalue weighted by Crippen LogP contribution is -2.29. The summed E-state index contributed by atoms with van der Waals surface area (Å²) in [5.41, 5.74) is 1.62. The molecule has 1 aliphatic heterocycles. The monoisotopic (exact) mass is 247 g/mol. The van der Waals surface area contributed by atoms with E-state index >= 15 is 0 Å². The molecule has 1 atom stereocenters. The van der Waals surface area contributed by atoms with Gasteiger partial charge in [0.15, 0.2) is 11.3 Å². The van der Waals surface area contributed by atoms with Crippen molar-refractivity contribution in [1.82, 2.24) is 15.0 Å². The summed E-state index contributed by atoms with van der Waals surface area (Å²) < 4.78 is 9.98. The first-order chi connectivity index (χ1) is 8.76. The molecule has 2 aromatic heterocycles. The molecule has 0 unspecified atom stereocenters. The van der Waals surface area contributed by atoms with Crippen LogP contribution in [-0.4, -0.2) is 40.7 Å². The van der Waals surface area contributed by atoms with Gasteiger partial charge in [-0.25, -0.2) is 14.8 Å². The molecule has 0 aliphatic carbocycles. The summed E-state index contributed by atoms with van der Waals surface area (Å²) in [6, 6.07) is 3.41. The average Bonchev–Trinajstić information content (AvgIpc) is 2.74. The summed E-state index contributed by atoms with van der Waals surface area (Å²) in [4.78, 5) is 23.0. The van der Waals surface area contributed by atoms with Gasteiger partial charge in [-0.1, -0.05) is 0 Å². The lowest BCUT2D eigenvalue weighted by atomic mass is 10.1. The number of rotatable bonds is 3. The predicted molar refractivity (Wildman–Crippen MR) is 63.3 cm³/mol. The molecule has 0 bridgehead atoms. The Hall–Kier alpha value is -1.95. The number of nitrogens with one attached hydrogen (secondary N) is 1. The number of aromatic amines is 1. The fourth-order valence-electron chi connectivity index (χ4n) is 1.92. The normalized spacial score (nSPS) is 18.6. The summed E-state index contributed by atoms with van der Waals surface area (Å²) in [5, 5.41) is 0.